The van der Waals surface area contributed by atoms with Gasteiger partial charge in [0.15, 0.2) is 0 Å². The number of halogens is 1. The van der Waals surface area contributed by atoms with Crippen LogP contribution in [0.3, 0.4) is 0 Å². The number of hydrogen-bond acceptors (Lipinski definition) is 3. The summed E-state index contributed by atoms with van der Waals surface area (Å²) in [4.78, 5) is 30.4. The zero-order valence-electron chi connectivity index (χ0n) is 11.3. The largest absolute Gasteiger partial charge is 0.268 e. The highest BCUT2D eigenvalue weighted by molar-refractivity contribution is 6.37. The van der Waals surface area contributed by atoms with Crippen molar-refractivity contribution in [3.8, 4) is 0 Å². The maximum atomic E-state index is 12.5. The topological polar surface area (TPSA) is 50.3 Å². The van der Waals surface area contributed by atoms with Crippen molar-refractivity contribution in [2.75, 3.05) is 4.90 Å². The number of carbonyl (C=O) groups excluding carboxylic acids is 2. The average molecular weight is 309 g/mol. The molecule has 4 rings (SSSR count). The molecular weight excluding hydrogens is 300 g/mol. The molecule has 0 bridgehead atoms. The van der Waals surface area contributed by atoms with Crippen LogP contribution in [0.25, 0.3) is 10.9 Å². The Kier molecular flexibility index (Phi) is 2.74. The van der Waals surface area contributed by atoms with Gasteiger partial charge in [0, 0.05) is 11.6 Å². The number of rotatable bonds is 1. The number of imide groups is 1. The van der Waals surface area contributed by atoms with Crippen molar-refractivity contribution in [1.29, 1.82) is 0 Å². The van der Waals surface area contributed by atoms with Crippen molar-refractivity contribution in [1.82, 2.24) is 4.98 Å². The van der Waals surface area contributed by atoms with E-state index in [2.05, 4.69) is 4.98 Å². The Morgan fingerprint density at radius 3 is 2.27 bits per heavy atom. The summed E-state index contributed by atoms with van der Waals surface area (Å²) in [7, 11) is 0. The Bertz CT molecular complexity index is 917. The van der Waals surface area contributed by atoms with Crippen LogP contribution >= 0.6 is 11.6 Å². The molecule has 0 radical (unpaired) electrons. The van der Waals surface area contributed by atoms with Crippen LogP contribution in [0, 0.1) is 0 Å². The lowest BCUT2D eigenvalue weighted by atomic mass is 10.1. The van der Waals surface area contributed by atoms with E-state index in [1.165, 1.54) is 0 Å². The minimum atomic E-state index is -0.333. The Balaban J connectivity index is 1.90. The summed E-state index contributed by atoms with van der Waals surface area (Å²) >= 11 is 6.24. The van der Waals surface area contributed by atoms with Gasteiger partial charge in [-0.25, -0.2) is 4.90 Å². The van der Waals surface area contributed by atoms with E-state index >= 15 is 0 Å². The molecule has 3 aromatic rings. The molecule has 4 nitrogen and oxygen atoms in total. The third kappa shape index (κ3) is 1.74. The second-order valence-corrected chi connectivity index (χ2v) is 5.40. The van der Waals surface area contributed by atoms with Gasteiger partial charge in [-0.05, 0) is 30.3 Å². The third-order valence-electron chi connectivity index (χ3n) is 3.70. The van der Waals surface area contributed by atoms with Crippen molar-refractivity contribution in [2.45, 2.75) is 0 Å². The van der Waals surface area contributed by atoms with Crippen molar-refractivity contribution < 1.29 is 9.59 Å². The fourth-order valence-electron chi connectivity index (χ4n) is 2.69. The molecule has 5 heteroatoms. The first-order chi connectivity index (χ1) is 10.7. The molecule has 0 saturated carbocycles. The minimum absolute atomic E-state index is 0.333. The normalized spacial score (nSPS) is 13.8. The smallest absolute Gasteiger partial charge is 0.266 e. The molecule has 2 aromatic carbocycles. The molecule has 0 spiro atoms. The van der Waals surface area contributed by atoms with E-state index < -0.39 is 0 Å². The first-order valence-electron chi connectivity index (χ1n) is 6.69. The summed E-state index contributed by atoms with van der Waals surface area (Å²) in [6.07, 6.45) is 1.65. The predicted octanol–water partition coefficient (Wildman–Crippen LogP) is 3.69. The van der Waals surface area contributed by atoms with E-state index in [0.717, 1.165) is 10.3 Å². The lowest BCUT2D eigenvalue weighted by Gasteiger charge is -2.15. The van der Waals surface area contributed by atoms with Gasteiger partial charge in [0.1, 0.15) is 0 Å². The maximum absolute atomic E-state index is 12.5. The van der Waals surface area contributed by atoms with Gasteiger partial charge in [-0.2, -0.15) is 0 Å². The Labute approximate surface area is 131 Å². The van der Waals surface area contributed by atoms with E-state index in [-0.39, 0.29) is 11.8 Å². The highest BCUT2D eigenvalue weighted by atomic mass is 35.5. The molecule has 22 heavy (non-hydrogen) atoms. The number of pyridine rings is 1. The van der Waals surface area contributed by atoms with Crippen LogP contribution in [0.1, 0.15) is 20.7 Å². The molecule has 1 aromatic heterocycles. The first-order valence-corrected chi connectivity index (χ1v) is 7.07. The van der Waals surface area contributed by atoms with Gasteiger partial charge in [-0.1, -0.05) is 29.8 Å². The van der Waals surface area contributed by atoms with E-state index in [1.54, 1.807) is 48.7 Å². The Hall–Kier alpha value is -2.72. The number of hydrogen-bond donors (Lipinski definition) is 0. The summed E-state index contributed by atoms with van der Waals surface area (Å²) in [5.41, 5.74) is 1.92. The van der Waals surface area contributed by atoms with Crippen LogP contribution in [0.5, 0.6) is 0 Å². The molecule has 0 aliphatic carbocycles. The number of fused-ring (bicyclic) bond motifs is 2. The standard InChI is InChI=1S/C17H9ClN2O2/c18-14-9-11(8-10-4-3-7-19-15(10)14)20-16(21)12-5-1-2-6-13(12)17(20)22/h1-9H. The van der Waals surface area contributed by atoms with Crippen LogP contribution in [-0.4, -0.2) is 16.8 Å². The molecule has 0 unspecified atom stereocenters. The first kappa shape index (κ1) is 13.0. The molecular formula is C17H9ClN2O2. The SMILES string of the molecule is O=C1c2ccccc2C(=O)N1c1cc(Cl)c2ncccc2c1. The van der Waals surface area contributed by atoms with E-state index in [9.17, 15) is 9.59 Å². The number of amides is 2. The molecule has 2 heterocycles. The van der Waals surface area contributed by atoms with E-state index in [0.29, 0.717) is 27.4 Å². The van der Waals surface area contributed by atoms with Gasteiger partial charge < -0.3 is 0 Å². The summed E-state index contributed by atoms with van der Waals surface area (Å²) in [6.45, 7) is 0. The van der Waals surface area contributed by atoms with Crippen LogP contribution in [-0.2, 0) is 0 Å². The summed E-state index contributed by atoms with van der Waals surface area (Å²) < 4.78 is 0. The Morgan fingerprint density at radius 1 is 0.909 bits per heavy atom. The highest BCUT2D eigenvalue weighted by Gasteiger charge is 2.36. The van der Waals surface area contributed by atoms with E-state index in [4.69, 9.17) is 11.6 Å². The lowest BCUT2D eigenvalue weighted by Crippen LogP contribution is -2.29. The summed E-state index contributed by atoms with van der Waals surface area (Å²) in [5, 5.41) is 1.19. The number of benzene rings is 2. The van der Waals surface area contributed by atoms with Crippen LogP contribution in [0.2, 0.25) is 5.02 Å². The molecule has 1 aliphatic heterocycles. The quantitative estimate of drug-likeness (QED) is 0.644. The second-order valence-electron chi connectivity index (χ2n) is 4.99. The Morgan fingerprint density at radius 2 is 1.59 bits per heavy atom. The molecule has 1 aliphatic rings. The minimum Gasteiger partial charge on any atom is -0.268 e. The third-order valence-corrected chi connectivity index (χ3v) is 3.98. The van der Waals surface area contributed by atoms with Crippen molar-refractivity contribution >= 4 is 40.0 Å². The van der Waals surface area contributed by atoms with Gasteiger partial charge >= 0.3 is 0 Å². The van der Waals surface area contributed by atoms with Crippen molar-refractivity contribution in [3.63, 3.8) is 0 Å². The molecule has 2 amide bonds. The molecule has 0 saturated heterocycles. The van der Waals surface area contributed by atoms with Crippen LogP contribution < -0.4 is 4.90 Å². The van der Waals surface area contributed by atoms with Gasteiger partial charge in [0.2, 0.25) is 0 Å². The zero-order chi connectivity index (χ0) is 15.3. The number of anilines is 1. The van der Waals surface area contributed by atoms with Crippen molar-refractivity contribution in [2.24, 2.45) is 0 Å². The molecule has 0 N–H and O–H groups in total. The zero-order valence-corrected chi connectivity index (χ0v) is 12.0. The molecule has 0 fully saturated rings. The second kappa shape index (κ2) is 4.64. The monoisotopic (exact) mass is 308 g/mol. The average Bonchev–Trinajstić information content (AvgIpc) is 2.79. The number of carbonyl (C=O) groups is 2. The fraction of sp³-hybridized carbons (Fsp3) is 0. The number of aromatic nitrogens is 1. The van der Waals surface area contributed by atoms with Gasteiger partial charge in [-0.3, -0.25) is 14.6 Å². The lowest BCUT2D eigenvalue weighted by molar-refractivity contribution is 0.0926. The van der Waals surface area contributed by atoms with Crippen LogP contribution in [0.15, 0.2) is 54.7 Å². The molecule has 0 atom stereocenters. The van der Waals surface area contributed by atoms with Gasteiger partial charge in [-0.15, -0.1) is 0 Å². The van der Waals surface area contributed by atoms with Gasteiger partial charge in [0.05, 0.1) is 27.4 Å². The summed E-state index contributed by atoms with van der Waals surface area (Å²) in [6, 6.07) is 13.8. The van der Waals surface area contributed by atoms with E-state index in [1.807, 2.05) is 6.07 Å². The maximum Gasteiger partial charge on any atom is 0.266 e. The molecule has 106 valence electrons. The van der Waals surface area contributed by atoms with Gasteiger partial charge in [0.25, 0.3) is 11.8 Å². The predicted molar refractivity (Wildman–Crippen MR) is 84.3 cm³/mol. The highest BCUT2D eigenvalue weighted by Crippen LogP contribution is 2.33. The summed E-state index contributed by atoms with van der Waals surface area (Å²) in [5.74, 6) is -0.667. The fourth-order valence-corrected chi connectivity index (χ4v) is 2.96. The number of nitrogens with zero attached hydrogens (tertiary/aromatic N) is 2. The van der Waals surface area contributed by atoms with Crippen LogP contribution in [0.4, 0.5) is 5.69 Å². The van der Waals surface area contributed by atoms with Crippen molar-refractivity contribution in [3.05, 3.63) is 70.9 Å².